The predicted octanol–water partition coefficient (Wildman–Crippen LogP) is 1.72. The molecule has 0 aliphatic heterocycles. The van der Waals surface area contributed by atoms with Crippen LogP contribution in [0.1, 0.15) is 64.2 Å². The Morgan fingerprint density at radius 3 is 1.84 bits per heavy atom. The van der Waals surface area contributed by atoms with Gasteiger partial charge in [-0.3, -0.25) is 34.6 Å². The van der Waals surface area contributed by atoms with Crippen molar-refractivity contribution in [3.8, 4) is 0 Å². The average Bonchev–Trinajstić information content (AvgIpc) is 2.89. The highest BCUT2D eigenvalue weighted by atomic mass is 16.6. The molecule has 0 aromatic rings. The van der Waals surface area contributed by atoms with Gasteiger partial charge >= 0.3 is 11.9 Å². The molecule has 0 spiro atoms. The van der Waals surface area contributed by atoms with Crippen molar-refractivity contribution < 1.29 is 39.3 Å². The molecule has 0 aromatic carbocycles. The van der Waals surface area contributed by atoms with Crippen molar-refractivity contribution in [1.29, 1.82) is 0 Å². The number of carboxylic acids is 2. The van der Waals surface area contributed by atoms with E-state index in [4.69, 9.17) is 4.84 Å². The van der Waals surface area contributed by atoms with Crippen molar-refractivity contribution in [3.63, 3.8) is 0 Å². The molecule has 0 heterocycles. The molecule has 4 N–H and O–H groups in total. The minimum Gasteiger partial charge on any atom is -0.481 e. The van der Waals surface area contributed by atoms with Crippen molar-refractivity contribution in [3.05, 3.63) is 20.2 Å². The molecule has 3 aliphatic carbocycles. The lowest BCUT2D eigenvalue weighted by Crippen LogP contribution is -2.50. The number of carbonyl (C=O) groups is 3. The number of aliphatic carboxylic acids is 2. The molecular weight excluding hydrogens is 504 g/mol. The van der Waals surface area contributed by atoms with Gasteiger partial charge in [0.1, 0.15) is 5.92 Å². The Balaban J connectivity index is 1.39. The lowest BCUT2D eigenvalue weighted by atomic mass is 9.75. The summed E-state index contributed by atoms with van der Waals surface area (Å²) < 4.78 is 0. The summed E-state index contributed by atoms with van der Waals surface area (Å²) in [6, 6.07) is -2.12. The predicted molar refractivity (Wildman–Crippen MR) is 131 cm³/mol. The summed E-state index contributed by atoms with van der Waals surface area (Å²) in [4.78, 5) is 63.3. The topological polar surface area (TPSA) is 211 Å². The van der Waals surface area contributed by atoms with E-state index in [-0.39, 0.29) is 31.3 Å². The van der Waals surface area contributed by atoms with E-state index in [1.54, 1.807) is 0 Å². The minimum absolute atomic E-state index is 0.0480. The highest BCUT2D eigenvalue weighted by Crippen LogP contribution is 2.34. The molecule has 3 rings (SSSR count). The fraction of sp³-hybridized carbons (Fsp3) is 0.875. The minimum atomic E-state index is -1.19. The van der Waals surface area contributed by atoms with E-state index in [0.717, 1.165) is 25.7 Å². The number of nitro groups is 2. The number of carboxylic acid groups (broad SMARTS) is 2. The summed E-state index contributed by atoms with van der Waals surface area (Å²) in [7, 11) is 0. The lowest BCUT2D eigenvalue weighted by molar-refractivity contribution is -0.538. The van der Waals surface area contributed by atoms with Gasteiger partial charge < -0.3 is 20.4 Å². The van der Waals surface area contributed by atoms with Crippen LogP contribution in [0.15, 0.2) is 0 Å². The first-order valence-electron chi connectivity index (χ1n) is 13.4. The Kier molecular flexibility index (Phi) is 10.8. The van der Waals surface area contributed by atoms with Gasteiger partial charge in [0.15, 0.2) is 0 Å². The van der Waals surface area contributed by atoms with Crippen molar-refractivity contribution in [2.24, 2.45) is 35.5 Å². The van der Waals surface area contributed by atoms with Crippen LogP contribution >= 0.6 is 0 Å². The second-order valence-corrected chi connectivity index (χ2v) is 10.9. The van der Waals surface area contributed by atoms with Crippen LogP contribution in [-0.2, 0) is 19.2 Å². The number of rotatable bonds is 12. The van der Waals surface area contributed by atoms with Gasteiger partial charge in [0, 0.05) is 35.8 Å². The van der Waals surface area contributed by atoms with Gasteiger partial charge in [-0.05, 0) is 63.2 Å². The second kappa shape index (κ2) is 13.8. The SMILES string of the molecule is O=C(O)C1CCCC([N+](=O)[O-])C1CONCC1CCC(CNC(=O)C2C(C(=O)O)CCCC2[N+](=O)[O-])CC1. The van der Waals surface area contributed by atoms with E-state index in [2.05, 4.69) is 10.8 Å². The van der Waals surface area contributed by atoms with Crippen molar-refractivity contribution in [1.82, 2.24) is 10.8 Å². The Bertz CT molecular complexity index is 834. The van der Waals surface area contributed by atoms with Gasteiger partial charge in [0.05, 0.1) is 24.4 Å². The second-order valence-electron chi connectivity index (χ2n) is 10.9. The number of nitrogens with one attached hydrogen (secondary N) is 2. The Hall–Kier alpha value is -2.87. The largest absolute Gasteiger partial charge is 0.481 e. The molecule has 214 valence electrons. The molecule has 6 atom stereocenters. The van der Waals surface area contributed by atoms with Gasteiger partial charge in [-0.1, -0.05) is 0 Å². The molecule has 0 aromatic heterocycles. The monoisotopic (exact) mass is 542 g/mol. The quantitative estimate of drug-likeness (QED) is 0.158. The number of hydroxylamine groups is 1. The third-order valence-corrected chi connectivity index (χ3v) is 8.65. The van der Waals surface area contributed by atoms with Crippen molar-refractivity contribution >= 4 is 17.8 Å². The fourth-order valence-electron chi connectivity index (χ4n) is 6.42. The number of carbonyl (C=O) groups excluding carboxylic acids is 1. The molecule has 3 fully saturated rings. The van der Waals surface area contributed by atoms with Gasteiger partial charge in [0.25, 0.3) is 0 Å². The maximum Gasteiger partial charge on any atom is 0.307 e. The maximum absolute atomic E-state index is 12.8. The summed E-state index contributed by atoms with van der Waals surface area (Å²) in [5.41, 5.74) is 2.86. The molecule has 14 heteroatoms. The molecule has 6 unspecified atom stereocenters. The Labute approximate surface area is 220 Å². The highest BCUT2D eigenvalue weighted by molar-refractivity contribution is 5.85. The zero-order chi connectivity index (χ0) is 27.8. The van der Waals surface area contributed by atoms with Crippen molar-refractivity contribution in [2.45, 2.75) is 76.3 Å². The Morgan fingerprint density at radius 2 is 1.29 bits per heavy atom. The number of nitrogens with zero attached hydrogens (tertiary/aromatic N) is 2. The summed E-state index contributed by atoms with van der Waals surface area (Å²) in [5.74, 6) is -6.04. The summed E-state index contributed by atoms with van der Waals surface area (Å²) in [6.45, 7) is 0.802. The van der Waals surface area contributed by atoms with Gasteiger partial charge in [-0.15, -0.1) is 0 Å². The summed E-state index contributed by atoms with van der Waals surface area (Å²) in [5, 5.41) is 44.5. The van der Waals surface area contributed by atoms with Crippen LogP contribution in [0.5, 0.6) is 0 Å². The molecule has 3 saturated carbocycles. The van der Waals surface area contributed by atoms with Crippen LogP contribution in [0, 0.1) is 55.7 Å². The average molecular weight is 543 g/mol. The molecular formula is C24H38N4O10. The number of hydrogen-bond acceptors (Lipinski definition) is 9. The van der Waals surface area contributed by atoms with Crippen LogP contribution in [0.25, 0.3) is 0 Å². The zero-order valence-electron chi connectivity index (χ0n) is 21.4. The van der Waals surface area contributed by atoms with E-state index in [9.17, 15) is 44.8 Å². The molecule has 0 bridgehead atoms. The fourth-order valence-corrected chi connectivity index (χ4v) is 6.42. The number of amides is 1. The van der Waals surface area contributed by atoms with Gasteiger partial charge in [0.2, 0.25) is 18.0 Å². The molecule has 1 amide bonds. The molecule has 0 saturated heterocycles. The summed E-state index contributed by atoms with van der Waals surface area (Å²) >= 11 is 0. The van der Waals surface area contributed by atoms with Crippen molar-refractivity contribution in [2.75, 3.05) is 19.7 Å². The molecule has 0 radical (unpaired) electrons. The van der Waals surface area contributed by atoms with Gasteiger partial charge in [-0.2, -0.15) is 0 Å². The van der Waals surface area contributed by atoms with E-state index in [1.807, 2.05) is 0 Å². The van der Waals surface area contributed by atoms with Crippen LogP contribution in [0.2, 0.25) is 0 Å². The first-order chi connectivity index (χ1) is 18.1. The standard InChI is InChI=1S/C24H38N4O10/c29-22(21-17(24(32)33)4-2-6-20(21)28(36)37)25-11-14-7-9-15(10-8-14)12-26-38-13-18-16(23(30)31)3-1-5-19(18)27(34)35/h14-21,26H,1-13H2,(H,25,29)(H,30,31)(H,32,33). The first-order valence-corrected chi connectivity index (χ1v) is 13.4. The third kappa shape index (κ3) is 7.59. The molecule has 3 aliphatic rings. The Morgan fingerprint density at radius 1 is 0.763 bits per heavy atom. The lowest BCUT2D eigenvalue weighted by Gasteiger charge is -2.32. The summed E-state index contributed by atoms with van der Waals surface area (Å²) in [6.07, 6.45) is 5.41. The maximum atomic E-state index is 12.8. The smallest absolute Gasteiger partial charge is 0.307 e. The van der Waals surface area contributed by atoms with Gasteiger partial charge in [-0.25, -0.2) is 5.48 Å². The number of hydrogen-bond donors (Lipinski definition) is 4. The third-order valence-electron chi connectivity index (χ3n) is 8.65. The first kappa shape index (κ1) is 29.7. The van der Waals surface area contributed by atoms with Crippen LogP contribution < -0.4 is 10.8 Å². The van der Waals surface area contributed by atoms with E-state index < -0.39 is 63.4 Å². The van der Waals surface area contributed by atoms with E-state index in [0.29, 0.717) is 38.8 Å². The van der Waals surface area contributed by atoms with Crippen LogP contribution in [-0.4, -0.2) is 69.7 Å². The zero-order valence-corrected chi connectivity index (χ0v) is 21.4. The van der Waals surface area contributed by atoms with E-state index >= 15 is 0 Å². The van der Waals surface area contributed by atoms with Crippen LogP contribution in [0.3, 0.4) is 0 Å². The van der Waals surface area contributed by atoms with Crippen LogP contribution in [0.4, 0.5) is 0 Å². The normalized spacial score (nSPS) is 33.7. The molecule has 38 heavy (non-hydrogen) atoms. The molecule has 14 nitrogen and oxygen atoms in total. The van der Waals surface area contributed by atoms with E-state index in [1.165, 1.54) is 0 Å². The highest BCUT2D eigenvalue weighted by Gasteiger charge is 2.48.